The van der Waals surface area contributed by atoms with Gasteiger partial charge in [-0.3, -0.25) is 10.1 Å². The molecular weight excluding hydrogens is 298 g/mol. The number of methoxy groups -OCH3 is 1. The first-order chi connectivity index (χ1) is 11.1. The summed E-state index contributed by atoms with van der Waals surface area (Å²) in [4.78, 5) is 22.1. The minimum absolute atomic E-state index is 0.126. The number of anilines is 1. The SMILES string of the molecule is COc1ccccc1/C=C/NC(=O)Nc1ccccc1[N+](=O)[O-]. The van der Waals surface area contributed by atoms with Gasteiger partial charge in [0.25, 0.3) is 5.69 Å². The molecule has 7 heteroatoms. The lowest BCUT2D eigenvalue weighted by Crippen LogP contribution is -2.24. The summed E-state index contributed by atoms with van der Waals surface area (Å²) >= 11 is 0. The number of ether oxygens (including phenoxy) is 1. The second kappa shape index (κ2) is 7.60. The van der Waals surface area contributed by atoms with Gasteiger partial charge in [0, 0.05) is 17.8 Å². The average molecular weight is 313 g/mol. The molecule has 0 fully saturated rings. The summed E-state index contributed by atoms with van der Waals surface area (Å²) in [5.74, 6) is 0.671. The number of benzene rings is 2. The molecule has 0 aromatic heterocycles. The lowest BCUT2D eigenvalue weighted by molar-refractivity contribution is -0.383. The van der Waals surface area contributed by atoms with Crippen molar-refractivity contribution in [2.24, 2.45) is 0 Å². The van der Waals surface area contributed by atoms with Crippen LogP contribution >= 0.6 is 0 Å². The molecule has 0 radical (unpaired) electrons. The molecule has 0 saturated heterocycles. The van der Waals surface area contributed by atoms with Gasteiger partial charge in [-0.15, -0.1) is 0 Å². The number of nitro benzene ring substituents is 1. The third-order valence-corrected chi connectivity index (χ3v) is 2.97. The molecule has 0 aliphatic rings. The summed E-state index contributed by atoms with van der Waals surface area (Å²) in [6.45, 7) is 0. The summed E-state index contributed by atoms with van der Waals surface area (Å²) < 4.78 is 5.19. The minimum atomic E-state index is -0.578. The standard InChI is InChI=1S/C16H15N3O4/c1-23-15-9-5-2-6-12(15)10-11-17-16(20)18-13-7-3-4-8-14(13)19(21)22/h2-11H,1H3,(H2,17,18,20)/b11-10+. The van der Waals surface area contributed by atoms with Gasteiger partial charge >= 0.3 is 6.03 Å². The number of nitrogens with one attached hydrogen (secondary N) is 2. The predicted molar refractivity (Wildman–Crippen MR) is 87.3 cm³/mol. The number of rotatable bonds is 5. The predicted octanol–water partition coefficient (Wildman–Crippen LogP) is 3.40. The number of nitro groups is 1. The van der Waals surface area contributed by atoms with Gasteiger partial charge in [0.05, 0.1) is 12.0 Å². The lowest BCUT2D eigenvalue weighted by Gasteiger charge is -2.06. The smallest absolute Gasteiger partial charge is 0.323 e. The highest BCUT2D eigenvalue weighted by Gasteiger charge is 2.13. The number of amides is 2. The van der Waals surface area contributed by atoms with Crippen molar-refractivity contribution in [2.75, 3.05) is 12.4 Å². The lowest BCUT2D eigenvalue weighted by atomic mass is 10.2. The van der Waals surface area contributed by atoms with Crippen LogP contribution in [0.4, 0.5) is 16.2 Å². The zero-order chi connectivity index (χ0) is 16.7. The molecule has 0 saturated carbocycles. The number of urea groups is 1. The van der Waals surface area contributed by atoms with Crippen molar-refractivity contribution in [1.29, 1.82) is 0 Å². The Morgan fingerprint density at radius 3 is 2.61 bits per heavy atom. The number of hydrogen-bond acceptors (Lipinski definition) is 4. The van der Waals surface area contributed by atoms with Crippen molar-refractivity contribution >= 4 is 23.5 Å². The highest BCUT2D eigenvalue weighted by molar-refractivity contribution is 5.92. The Morgan fingerprint density at radius 1 is 1.17 bits per heavy atom. The number of hydrogen-bond donors (Lipinski definition) is 2. The first-order valence-corrected chi connectivity index (χ1v) is 6.72. The van der Waals surface area contributed by atoms with Crippen LogP contribution < -0.4 is 15.4 Å². The zero-order valence-corrected chi connectivity index (χ0v) is 12.4. The fourth-order valence-corrected chi connectivity index (χ4v) is 1.91. The van der Waals surface area contributed by atoms with Crippen LogP contribution in [0.3, 0.4) is 0 Å². The highest BCUT2D eigenvalue weighted by atomic mass is 16.6. The van der Waals surface area contributed by atoms with Gasteiger partial charge in [0.15, 0.2) is 0 Å². The Morgan fingerprint density at radius 2 is 1.87 bits per heavy atom. The van der Waals surface area contributed by atoms with E-state index >= 15 is 0 Å². The average Bonchev–Trinajstić information content (AvgIpc) is 2.55. The normalized spacial score (nSPS) is 10.3. The van der Waals surface area contributed by atoms with Crippen molar-refractivity contribution in [2.45, 2.75) is 0 Å². The van der Waals surface area contributed by atoms with Crippen LogP contribution in [-0.4, -0.2) is 18.1 Å². The summed E-state index contributed by atoms with van der Waals surface area (Å²) in [5, 5.41) is 15.8. The van der Waals surface area contributed by atoms with E-state index in [4.69, 9.17) is 4.74 Å². The third-order valence-electron chi connectivity index (χ3n) is 2.97. The first-order valence-electron chi connectivity index (χ1n) is 6.72. The van der Waals surface area contributed by atoms with Gasteiger partial charge in [0.1, 0.15) is 11.4 Å². The van der Waals surface area contributed by atoms with Crippen LogP contribution in [0.5, 0.6) is 5.75 Å². The van der Waals surface area contributed by atoms with Gasteiger partial charge < -0.3 is 15.4 Å². The topological polar surface area (TPSA) is 93.5 Å². The van der Waals surface area contributed by atoms with Gasteiger partial charge in [0.2, 0.25) is 0 Å². The van der Waals surface area contributed by atoms with Crippen LogP contribution in [0, 0.1) is 10.1 Å². The highest BCUT2D eigenvalue weighted by Crippen LogP contribution is 2.23. The van der Waals surface area contributed by atoms with Crippen molar-refractivity contribution in [1.82, 2.24) is 5.32 Å². The Kier molecular flexibility index (Phi) is 5.30. The molecule has 0 bridgehead atoms. The molecule has 118 valence electrons. The fraction of sp³-hybridized carbons (Fsp3) is 0.0625. The van der Waals surface area contributed by atoms with Crippen molar-refractivity contribution in [3.63, 3.8) is 0 Å². The fourth-order valence-electron chi connectivity index (χ4n) is 1.91. The van der Waals surface area contributed by atoms with Crippen molar-refractivity contribution in [3.8, 4) is 5.75 Å². The van der Waals surface area contributed by atoms with E-state index in [0.717, 1.165) is 5.56 Å². The maximum Gasteiger partial charge on any atom is 0.323 e. The Hall–Kier alpha value is -3.35. The van der Waals surface area contributed by atoms with Crippen LogP contribution in [0.1, 0.15) is 5.56 Å². The van der Waals surface area contributed by atoms with Crippen LogP contribution in [0.25, 0.3) is 6.08 Å². The second-order valence-electron chi connectivity index (χ2n) is 4.45. The number of carbonyl (C=O) groups is 1. The number of para-hydroxylation sites is 3. The largest absolute Gasteiger partial charge is 0.496 e. The minimum Gasteiger partial charge on any atom is -0.496 e. The molecule has 7 nitrogen and oxygen atoms in total. The van der Waals surface area contributed by atoms with E-state index in [-0.39, 0.29) is 11.4 Å². The summed E-state index contributed by atoms with van der Waals surface area (Å²) in [5.41, 5.74) is 0.748. The molecular formula is C16H15N3O4. The quantitative estimate of drug-likeness (QED) is 0.653. The maximum atomic E-state index is 11.8. The maximum absolute atomic E-state index is 11.8. The van der Waals surface area contributed by atoms with E-state index in [2.05, 4.69) is 10.6 Å². The molecule has 2 aromatic carbocycles. The first kappa shape index (κ1) is 16.0. The number of carbonyl (C=O) groups excluding carboxylic acids is 1. The van der Waals surface area contributed by atoms with E-state index in [1.54, 1.807) is 25.3 Å². The molecule has 2 rings (SSSR count). The molecule has 0 heterocycles. The van der Waals surface area contributed by atoms with E-state index in [1.165, 1.54) is 24.4 Å². The van der Waals surface area contributed by atoms with E-state index in [1.807, 2.05) is 18.2 Å². The van der Waals surface area contributed by atoms with Gasteiger partial charge in [-0.25, -0.2) is 4.79 Å². The Labute approximate surface area is 132 Å². The summed E-state index contributed by atoms with van der Waals surface area (Å²) in [6.07, 6.45) is 3.10. The second-order valence-corrected chi connectivity index (χ2v) is 4.45. The molecule has 2 aromatic rings. The zero-order valence-electron chi connectivity index (χ0n) is 12.4. The van der Waals surface area contributed by atoms with E-state index in [9.17, 15) is 14.9 Å². The van der Waals surface area contributed by atoms with Crippen LogP contribution in [-0.2, 0) is 0 Å². The van der Waals surface area contributed by atoms with Gasteiger partial charge in [-0.2, -0.15) is 0 Å². The molecule has 2 amide bonds. The monoisotopic (exact) mass is 313 g/mol. The molecule has 0 aliphatic heterocycles. The van der Waals surface area contributed by atoms with Gasteiger partial charge in [-0.1, -0.05) is 30.3 Å². The molecule has 2 N–H and O–H groups in total. The summed E-state index contributed by atoms with van der Waals surface area (Å²) in [7, 11) is 1.56. The Balaban J connectivity index is 2.01. The molecule has 0 atom stereocenters. The summed E-state index contributed by atoms with van der Waals surface area (Å²) in [6, 6.07) is 12.6. The van der Waals surface area contributed by atoms with Crippen LogP contribution in [0.15, 0.2) is 54.7 Å². The molecule has 0 spiro atoms. The molecule has 23 heavy (non-hydrogen) atoms. The van der Waals surface area contributed by atoms with Gasteiger partial charge in [-0.05, 0) is 18.2 Å². The van der Waals surface area contributed by atoms with Crippen molar-refractivity contribution in [3.05, 3.63) is 70.4 Å². The van der Waals surface area contributed by atoms with Crippen LogP contribution in [0.2, 0.25) is 0 Å². The number of nitrogens with zero attached hydrogens (tertiary/aromatic N) is 1. The molecule has 0 unspecified atom stereocenters. The van der Waals surface area contributed by atoms with Crippen molar-refractivity contribution < 1.29 is 14.5 Å². The molecule has 0 aliphatic carbocycles. The van der Waals surface area contributed by atoms with E-state index < -0.39 is 11.0 Å². The third kappa shape index (κ3) is 4.31. The Bertz CT molecular complexity index is 744. The van der Waals surface area contributed by atoms with E-state index in [0.29, 0.717) is 5.75 Å².